The number of pyridine rings is 1. The van der Waals surface area contributed by atoms with Crippen LogP contribution >= 0.6 is 11.3 Å². The number of ether oxygens (including phenoxy) is 1. The van der Waals surface area contributed by atoms with Gasteiger partial charge in [-0.15, -0.1) is 11.3 Å². The van der Waals surface area contributed by atoms with Crippen molar-refractivity contribution in [3.05, 3.63) is 75.5 Å². The third-order valence-corrected chi connectivity index (χ3v) is 5.25. The molecule has 0 fully saturated rings. The first-order valence-electron chi connectivity index (χ1n) is 8.42. The second kappa shape index (κ2) is 8.58. The topological polar surface area (TPSA) is 64.1 Å². The van der Waals surface area contributed by atoms with Gasteiger partial charge < -0.3 is 10.1 Å². The summed E-state index contributed by atoms with van der Waals surface area (Å²) >= 11 is 1.47. The van der Waals surface area contributed by atoms with Crippen LogP contribution in [0.5, 0.6) is 5.75 Å². The predicted molar refractivity (Wildman–Crippen MR) is 103 cm³/mol. The highest BCUT2D eigenvalue weighted by Crippen LogP contribution is 2.20. The van der Waals surface area contributed by atoms with Crippen LogP contribution < -0.4 is 10.1 Å². The molecule has 1 N–H and O–H groups in total. The van der Waals surface area contributed by atoms with E-state index in [1.54, 1.807) is 19.5 Å². The van der Waals surface area contributed by atoms with Crippen LogP contribution in [-0.2, 0) is 19.4 Å². The summed E-state index contributed by atoms with van der Waals surface area (Å²) in [6, 6.07) is 11.7. The molecule has 3 aromatic rings. The molecular weight excluding hydrogens is 346 g/mol. The molecule has 0 saturated carbocycles. The van der Waals surface area contributed by atoms with Crippen molar-refractivity contribution in [2.45, 2.75) is 26.3 Å². The van der Waals surface area contributed by atoms with Crippen LogP contribution in [0.4, 0.5) is 0 Å². The standard InChI is InChI=1S/C20H21N3O2S/c1-14-19(20(24)22-13-16-3-6-17(25-2)7-4-16)26-18(23-14)8-5-15-9-11-21-12-10-15/h3-4,6-7,9-12H,5,8,13H2,1-2H3,(H,22,24). The lowest BCUT2D eigenvalue weighted by Gasteiger charge is -2.05. The molecule has 26 heavy (non-hydrogen) atoms. The van der Waals surface area contributed by atoms with Crippen LogP contribution in [0.1, 0.15) is 31.5 Å². The van der Waals surface area contributed by atoms with Gasteiger partial charge in [-0.05, 0) is 48.7 Å². The molecule has 0 unspecified atom stereocenters. The minimum absolute atomic E-state index is 0.0778. The summed E-state index contributed by atoms with van der Waals surface area (Å²) in [5.74, 6) is 0.725. The molecule has 134 valence electrons. The van der Waals surface area contributed by atoms with E-state index in [0.717, 1.165) is 34.9 Å². The molecule has 2 aromatic heterocycles. The summed E-state index contributed by atoms with van der Waals surface area (Å²) in [5.41, 5.74) is 3.03. The van der Waals surface area contributed by atoms with Crippen LogP contribution in [-0.4, -0.2) is 23.0 Å². The van der Waals surface area contributed by atoms with E-state index in [-0.39, 0.29) is 5.91 Å². The van der Waals surface area contributed by atoms with E-state index in [1.807, 2.05) is 43.3 Å². The molecule has 0 aliphatic carbocycles. The molecule has 0 saturated heterocycles. The van der Waals surface area contributed by atoms with E-state index in [0.29, 0.717) is 11.4 Å². The Kier molecular flexibility index (Phi) is 5.96. The van der Waals surface area contributed by atoms with E-state index >= 15 is 0 Å². The highest BCUT2D eigenvalue weighted by atomic mass is 32.1. The monoisotopic (exact) mass is 367 g/mol. The Morgan fingerprint density at radius 2 is 1.81 bits per heavy atom. The lowest BCUT2D eigenvalue weighted by atomic mass is 10.1. The summed E-state index contributed by atoms with van der Waals surface area (Å²) in [6.45, 7) is 2.36. The van der Waals surface area contributed by atoms with Crippen molar-refractivity contribution in [3.63, 3.8) is 0 Å². The SMILES string of the molecule is COc1ccc(CNC(=O)c2sc(CCc3ccncc3)nc2C)cc1. The number of nitrogens with one attached hydrogen (secondary N) is 1. The maximum absolute atomic E-state index is 12.5. The number of nitrogens with zero attached hydrogens (tertiary/aromatic N) is 2. The lowest BCUT2D eigenvalue weighted by Crippen LogP contribution is -2.22. The maximum Gasteiger partial charge on any atom is 0.263 e. The van der Waals surface area contributed by atoms with Crippen molar-refractivity contribution in [1.82, 2.24) is 15.3 Å². The molecule has 0 radical (unpaired) electrons. The average Bonchev–Trinajstić information content (AvgIpc) is 3.06. The number of methoxy groups -OCH3 is 1. The number of hydrogen-bond acceptors (Lipinski definition) is 5. The smallest absolute Gasteiger partial charge is 0.263 e. The Morgan fingerprint density at radius 1 is 1.08 bits per heavy atom. The van der Waals surface area contributed by atoms with Crippen LogP contribution in [0.15, 0.2) is 48.8 Å². The number of carbonyl (C=O) groups excluding carboxylic acids is 1. The van der Waals surface area contributed by atoms with Gasteiger partial charge in [0.05, 0.1) is 17.8 Å². The average molecular weight is 367 g/mol. The number of carbonyl (C=O) groups is 1. The summed E-state index contributed by atoms with van der Waals surface area (Å²) < 4.78 is 5.14. The van der Waals surface area contributed by atoms with Crippen LogP contribution in [0.3, 0.4) is 0 Å². The van der Waals surface area contributed by atoms with Crippen molar-refractivity contribution < 1.29 is 9.53 Å². The second-order valence-electron chi connectivity index (χ2n) is 5.91. The molecule has 3 rings (SSSR count). The minimum atomic E-state index is -0.0778. The molecule has 0 spiro atoms. The fraction of sp³-hybridized carbons (Fsp3) is 0.250. The molecule has 1 aromatic carbocycles. The molecule has 0 aliphatic heterocycles. The van der Waals surface area contributed by atoms with Crippen molar-refractivity contribution >= 4 is 17.2 Å². The summed E-state index contributed by atoms with van der Waals surface area (Å²) in [5, 5.41) is 3.94. The second-order valence-corrected chi connectivity index (χ2v) is 6.99. The zero-order valence-electron chi connectivity index (χ0n) is 14.9. The van der Waals surface area contributed by atoms with Crippen molar-refractivity contribution in [3.8, 4) is 5.75 Å². The Balaban J connectivity index is 1.57. The molecular formula is C20H21N3O2S. The number of hydrogen-bond donors (Lipinski definition) is 1. The number of rotatable bonds is 7. The van der Waals surface area contributed by atoms with E-state index in [2.05, 4.69) is 15.3 Å². The zero-order valence-corrected chi connectivity index (χ0v) is 15.7. The van der Waals surface area contributed by atoms with Crippen molar-refractivity contribution in [1.29, 1.82) is 0 Å². The predicted octanol–water partition coefficient (Wildman–Crippen LogP) is 3.57. The number of amides is 1. The van der Waals surface area contributed by atoms with Gasteiger partial charge in [-0.3, -0.25) is 9.78 Å². The molecule has 1 amide bonds. The molecule has 5 nitrogen and oxygen atoms in total. The van der Waals surface area contributed by atoms with Gasteiger partial charge in [0, 0.05) is 25.4 Å². The zero-order chi connectivity index (χ0) is 18.4. The van der Waals surface area contributed by atoms with Gasteiger partial charge in [0.25, 0.3) is 5.91 Å². The number of benzene rings is 1. The first kappa shape index (κ1) is 18.1. The summed E-state index contributed by atoms with van der Waals surface area (Å²) in [7, 11) is 1.63. The first-order valence-corrected chi connectivity index (χ1v) is 9.23. The maximum atomic E-state index is 12.5. The summed E-state index contributed by atoms with van der Waals surface area (Å²) in [4.78, 5) is 21.7. The van der Waals surface area contributed by atoms with Gasteiger partial charge in [0.2, 0.25) is 0 Å². The molecule has 0 bridgehead atoms. The fourth-order valence-corrected chi connectivity index (χ4v) is 3.56. The minimum Gasteiger partial charge on any atom is -0.497 e. The van der Waals surface area contributed by atoms with E-state index in [9.17, 15) is 4.79 Å². The lowest BCUT2D eigenvalue weighted by molar-refractivity contribution is 0.0954. The quantitative estimate of drug-likeness (QED) is 0.693. The normalized spacial score (nSPS) is 10.5. The Morgan fingerprint density at radius 3 is 2.50 bits per heavy atom. The largest absolute Gasteiger partial charge is 0.497 e. The number of aromatic nitrogens is 2. The van der Waals surface area contributed by atoms with Gasteiger partial charge in [0.15, 0.2) is 0 Å². The first-order chi connectivity index (χ1) is 12.7. The number of thiazole rings is 1. The Hall–Kier alpha value is -2.73. The van der Waals surface area contributed by atoms with E-state index < -0.39 is 0 Å². The van der Waals surface area contributed by atoms with Crippen LogP contribution in [0, 0.1) is 6.92 Å². The van der Waals surface area contributed by atoms with Gasteiger partial charge in [0.1, 0.15) is 10.6 Å². The number of aryl methyl sites for hydroxylation is 3. The highest BCUT2D eigenvalue weighted by Gasteiger charge is 2.15. The summed E-state index contributed by atoms with van der Waals surface area (Å²) in [6.07, 6.45) is 5.30. The van der Waals surface area contributed by atoms with Gasteiger partial charge in [-0.25, -0.2) is 4.98 Å². The van der Waals surface area contributed by atoms with Gasteiger partial charge >= 0.3 is 0 Å². The fourth-order valence-electron chi connectivity index (χ4n) is 2.58. The van der Waals surface area contributed by atoms with Crippen LogP contribution in [0.25, 0.3) is 0 Å². The molecule has 6 heteroatoms. The van der Waals surface area contributed by atoms with E-state index in [4.69, 9.17) is 4.74 Å². The highest BCUT2D eigenvalue weighted by molar-refractivity contribution is 7.13. The van der Waals surface area contributed by atoms with Crippen molar-refractivity contribution in [2.24, 2.45) is 0 Å². The van der Waals surface area contributed by atoms with Gasteiger partial charge in [-0.2, -0.15) is 0 Å². The Bertz CT molecular complexity index is 861. The van der Waals surface area contributed by atoms with E-state index in [1.165, 1.54) is 16.9 Å². The third-order valence-electron chi connectivity index (χ3n) is 4.04. The Labute approximate surface area is 157 Å². The molecule has 2 heterocycles. The third kappa shape index (κ3) is 4.67. The molecule has 0 aliphatic rings. The molecule has 0 atom stereocenters. The van der Waals surface area contributed by atoms with Crippen LogP contribution in [0.2, 0.25) is 0 Å². The van der Waals surface area contributed by atoms with Crippen molar-refractivity contribution in [2.75, 3.05) is 7.11 Å². The van der Waals surface area contributed by atoms with Gasteiger partial charge in [-0.1, -0.05) is 12.1 Å².